The van der Waals surface area contributed by atoms with Crippen molar-refractivity contribution in [2.24, 2.45) is 0 Å². The highest BCUT2D eigenvalue weighted by molar-refractivity contribution is 6.08. The summed E-state index contributed by atoms with van der Waals surface area (Å²) >= 11 is 0. The molecule has 0 aromatic heterocycles. The highest BCUT2D eigenvalue weighted by atomic mass is 16.5. The Morgan fingerprint density at radius 1 is 0.750 bits per heavy atom. The lowest BCUT2D eigenvalue weighted by Crippen LogP contribution is -2.35. The Bertz CT molecular complexity index is 1260. The Labute approximate surface area is 236 Å². The predicted octanol–water partition coefficient (Wildman–Crippen LogP) is 7.28. The van der Waals surface area contributed by atoms with Gasteiger partial charge in [-0.1, -0.05) is 65.5 Å². The summed E-state index contributed by atoms with van der Waals surface area (Å²) in [7, 11) is 0. The first-order valence-electron chi connectivity index (χ1n) is 13.8. The van der Waals surface area contributed by atoms with Gasteiger partial charge in [0.1, 0.15) is 18.0 Å². The molecule has 40 heavy (non-hydrogen) atoms. The molecule has 7 heteroatoms. The standard InChI is InChI=1S/C33H39NO6/c1-5-6-7-8-9-22-39-28-18-12-25(13-19-28)32(38)40-29-20-16-27(17-21-29)34(23-30(35)36)31(37)24-10-14-26(15-11-24)33(2,3)4/h10-21H,5-9,22-23H2,1-4H3,(H,35,36). The van der Waals surface area contributed by atoms with Gasteiger partial charge >= 0.3 is 11.9 Å². The van der Waals surface area contributed by atoms with Crippen molar-refractivity contribution >= 4 is 23.5 Å². The van der Waals surface area contributed by atoms with Crippen LogP contribution in [-0.4, -0.2) is 36.1 Å². The normalized spacial score (nSPS) is 11.1. The van der Waals surface area contributed by atoms with Crippen molar-refractivity contribution in [1.29, 1.82) is 0 Å². The van der Waals surface area contributed by atoms with E-state index in [0.717, 1.165) is 18.4 Å². The van der Waals surface area contributed by atoms with Gasteiger partial charge in [0.25, 0.3) is 5.91 Å². The van der Waals surface area contributed by atoms with Gasteiger partial charge in [-0.25, -0.2) is 4.79 Å². The van der Waals surface area contributed by atoms with Crippen LogP contribution in [0.25, 0.3) is 0 Å². The molecule has 0 unspecified atom stereocenters. The van der Waals surface area contributed by atoms with Crippen molar-refractivity contribution in [2.45, 2.75) is 65.2 Å². The van der Waals surface area contributed by atoms with Crippen molar-refractivity contribution < 1.29 is 29.0 Å². The van der Waals surface area contributed by atoms with Gasteiger partial charge in [0, 0.05) is 11.3 Å². The third-order valence-corrected chi connectivity index (χ3v) is 6.50. The average molecular weight is 546 g/mol. The molecule has 3 aromatic rings. The summed E-state index contributed by atoms with van der Waals surface area (Å²) in [4.78, 5) is 38.6. The van der Waals surface area contributed by atoms with Gasteiger partial charge in [0.15, 0.2) is 0 Å². The van der Waals surface area contributed by atoms with Gasteiger partial charge in [-0.15, -0.1) is 0 Å². The Hall–Kier alpha value is -4.13. The van der Waals surface area contributed by atoms with E-state index in [4.69, 9.17) is 9.47 Å². The van der Waals surface area contributed by atoms with Crippen LogP contribution < -0.4 is 14.4 Å². The van der Waals surface area contributed by atoms with E-state index < -0.39 is 24.4 Å². The van der Waals surface area contributed by atoms with Crippen molar-refractivity contribution in [1.82, 2.24) is 0 Å². The van der Waals surface area contributed by atoms with Crippen molar-refractivity contribution in [3.8, 4) is 11.5 Å². The van der Waals surface area contributed by atoms with Crippen LogP contribution in [-0.2, 0) is 10.2 Å². The van der Waals surface area contributed by atoms with Crippen molar-refractivity contribution in [3.63, 3.8) is 0 Å². The molecular weight excluding hydrogens is 506 g/mol. The third-order valence-electron chi connectivity index (χ3n) is 6.50. The zero-order chi connectivity index (χ0) is 29.1. The maximum absolute atomic E-state index is 13.2. The minimum atomic E-state index is -1.14. The molecule has 0 heterocycles. The smallest absolute Gasteiger partial charge is 0.343 e. The number of unbranched alkanes of at least 4 members (excludes halogenated alkanes) is 4. The minimum Gasteiger partial charge on any atom is -0.494 e. The lowest BCUT2D eigenvalue weighted by atomic mass is 9.86. The summed E-state index contributed by atoms with van der Waals surface area (Å²) in [5, 5.41) is 9.43. The highest BCUT2D eigenvalue weighted by Crippen LogP contribution is 2.25. The molecule has 0 atom stereocenters. The lowest BCUT2D eigenvalue weighted by Gasteiger charge is -2.23. The van der Waals surface area contributed by atoms with E-state index in [1.165, 1.54) is 36.3 Å². The van der Waals surface area contributed by atoms with Crippen LogP contribution in [0.3, 0.4) is 0 Å². The van der Waals surface area contributed by atoms with E-state index in [9.17, 15) is 19.5 Å². The Kier molecular flexibility index (Phi) is 10.9. The molecular formula is C33H39NO6. The SMILES string of the molecule is CCCCCCCOc1ccc(C(=O)Oc2ccc(N(CC(=O)O)C(=O)c3ccc(C(C)(C)C)cc3)cc2)cc1. The maximum atomic E-state index is 13.2. The van der Waals surface area contributed by atoms with E-state index in [1.54, 1.807) is 48.5 Å². The zero-order valence-corrected chi connectivity index (χ0v) is 23.8. The molecule has 0 saturated heterocycles. The number of hydrogen-bond acceptors (Lipinski definition) is 5. The second-order valence-corrected chi connectivity index (χ2v) is 10.8. The van der Waals surface area contributed by atoms with E-state index in [1.807, 2.05) is 12.1 Å². The molecule has 0 radical (unpaired) electrons. The molecule has 0 aliphatic heterocycles. The molecule has 0 aliphatic rings. The lowest BCUT2D eigenvalue weighted by molar-refractivity contribution is -0.135. The molecule has 0 aliphatic carbocycles. The van der Waals surface area contributed by atoms with Gasteiger partial charge < -0.3 is 14.6 Å². The van der Waals surface area contributed by atoms with Crippen LogP contribution in [0, 0.1) is 0 Å². The number of carbonyl (C=O) groups excluding carboxylic acids is 2. The molecule has 0 saturated carbocycles. The topological polar surface area (TPSA) is 93.1 Å². The molecule has 212 valence electrons. The van der Waals surface area contributed by atoms with Gasteiger partial charge in [-0.2, -0.15) is 0 Å². The number of rotatable bonds is 13. The van der Waals surface area contributed by atoms with Crippen LogP contribution in [0.1, 0.15) is 86.1 Å². The van der Waals surface area contributed by atoms with E-state index in [2.05, 4.69) is 27.7 Å². The monoisotopic (exact) mass is 545 g/mol. The van der Waals surface area contributed by atoms with E-state index >= 15 is 0 Å². The first kappa shape index (κ1) is 30.4. The number of esters is 1. The molecule has 3 rings (SSSR count). The second kappa shape index (κ2) is 14.3. The largest absolute Gasteiger partial charge is 0.494 e. The summed E-state index contributed by atoms with van der Waals surface area (Å²) < 4.78 is 11.2. The first-order chi connectivity index (χ1) is 19.1. The molecule has 1 N–H and O–H groups in total. The van der Waals surface area contributed by atoms with Crippen molar-refractivity contribution in [3.05, 3.63) is 89.5 Å². The summed E-state index contributed by atoms with van der Waals surface area (Å²) in [6, 6.07) is 20.2. The first-order valence-corrected chi connectivity index (χ1v) is 13.8. The second-order valence-electron chi connectivity index (χ2n) is 10.8. The number of hydrogen-bond donors (Lipinski definition) is 1. The quantitative estimate of drug-likeness (QED) is 0.138. The molecule has 7 nitrogen and oxygen atoms in total. The summed E-state index contributed by atoms with van der Waals surface area (Å²) in [6.45, 7) is 8.56. The summed E-state index contributed by atoms with van der Waals surface area (Å²) in [5.41, 5.74) is 2.14. The molecule has 0 bridgehead atoms. The van der Waals surface area contributed by atoms with E-state index in [-0.39, 0.29) is 11.2 Å². The van der Waals surface area contributed by atoms with Gasteiger partial charge in [-0.3, -0.25) is 14.5 Å². The fraction of sp³-hybridized carbons (Fsp3) is 0.364. The third kappa shape index (κ3) is 8.97. The number of benzene rings is 3. The fourth-order valence-corrected chi connectivity index (χ4v) is 4.13. The maximum Gasteiger partial charge on any atom is 0.343 e. The molecule has 0 spiro atoms. The number of anilines is 1. The molecule has 1 amide bonds. The number of carbonyl (C=O) groups is 3. The number of nitrogens with zero attached hydrogens (tertiary/aromatic N) is 1. The Balaban J connectivity index is 1.62. The summed E-state index contributed by atoms with van der Waals surface area (Å²) in [6.07, 6.45) is 5.80. The van der Waals surface area contributed by atoms with Gasteiger partial charge in [-0.05, 0) is 78.1 Å². The molecule has 0 fully saturated rings. The van der Waals surface area contributed by atoms with Crippen molar-refractivity contribution in [2.75, 3.05) is 18.1 Å². The zero-order valence-electron chi connectivity index (χ0n) is 23.8. The van der Waals surface area contributed by atoms with Crippen LogP contribution in [0.2, 0.25) is 0 Å². The number of aliphatic carboxylic acids is 1. The molecule has 3 aromatic carbocycles. The Morgan fingerprint density at radius 2 is 1.32 bits per heavy atom. The van der Waals surface area contributed by atoms with E-state index in [0.29, 0.717) is 29.2 Å². The van der Waals surface area contributed by atoms with Gasteiger partial charge in [0.05, 0.1) is 12.2 Å². The fourth-order valence-electron chi connectivity index (χ4n) is 4.13. The highest BCUT2D eigenvalue weighted by Gasteiger charge is 2.22. The predicted molar refractivity (Wildman–Crippen MR) is 157 cm³/mol. The van der Waals surface area contributed by atoms with Crippen LogP contribution in [0.15, 0.2) is 72.8 Å². The summed E-state index contributed by atoms with van der Waals surface area (Å²) in [5.74, 6) is -1.13. The van der Waals surface area contributed by atoms with Crippen LogP contribution in [0.4, 0.5) is 5.69 Å². The number of ether oxygens (including phenoxy) is 2. The number of carboxylic acid groups (broad SMARTS) is 1. The number of amides is 1. The van der Waals surface area contributed by atoms with Crippen LogP contribution in [0.5, 0.6) is 11.5 Å². The number of carboxylic acids is 1. The minimum absolute atomic E-state index is 0.0705. The van der Waals surface area contributed by atoms with Gasteiger partial charge in [0.2, 0.25) is 0 Å². The van der Waals surface area contributed by atoms with Crippen LogP contribution >= 0.6 is 0 Å². The Morgan fingerprint density at radius 3 is 1.90 bits per heavy atom. The average Bonchev–Trinajstić information content (AvgIpc) is 2.93.